The molecule has 5 aromatic rings. The monoisotopic (exact) mass is 457 g/mol. The van der Waals surface area contributed by atoms with Crippen LogP contribution in [0, 0.1) is 34.1 Å². The van der Waals surface area contributed by atoms with Gasteiger partial charge in [-0.15, -0.1) is 0 Å². The highest BCUT2D eigenvalue weighted by Crippen LogP contribution is 2.44. The predicted octanol–water partition coefficient (Wildman–Crippen LogP) is 5.31. The number of allylic oxidation sites excluding steroid dienone is 1. The first-order valence-electron chi connectivity index (χ1n) is 11.1. The Morgan fingerprint density at radius 1 is 0.611 bits per heavy atom. The van der Waals surface area contributed by atoms with E-state index < -0.39 is 0 Å². The molecule has 2 heterocycles. The van der Waals surface area contributed by atoms with Crippen LogP contribution in [0.3, 0.4) is 0 Å². The van der Waals surface area contributed by atoms with Crippen molar-refractivity contribution < 1.29 is 0 Å². The third-order valence-electron chi connectivity index (χ3n) is 6.62. The lowest BCUT2D eigenvalue weighted by molar-refractivity contribution is 1.27. The molecule has 0 amide bonds. The van der Waals surface area contributed by atoms with Crippen LogP contribution in [-0.4, -0.2) is 20.7 Å². The fourth-order valence-corrected chi connectivity index (χ4v) is 5.11. The SMILES string of the molecule is N#CN=C1c2ccccc2-c2cc3cc4nc5c(nc4cc3nc21)C(=C(C#N)C#N)c1ccccc1-5. The minimum atomic E-state index is 0.00158. The third-order valence-corrected chi connectivity index (χ3v) is 6.62. The summed E-state index contributed by atoms with van der Waals surface area (Å²) in [7, 11) is 0. The standard InChI is InChI=1S/C29H11N7/c30-12-16(13-31)25-18-6-2-4-8-20(18)27-29(25)36-24-11-22-15(10-23(24)35-27)9-21-17-5-1-3-7-19(17)26(33-14-32)28(21)34-22/h1-11H. The van der Waals surface area contributed by atoms with E-state index in [0.717, 1.165) is 33.2 Å². The fraction of sp³-hybridized carbons (Fsp3) is 0. The van der Waals surface area contributed by atoms with E-state index in [4.69, 9.17) is 15.0 Å². The summed E-state index contributed by atoms with van der Waals surface area (Å²) in [5, 5.41) is 29.4. The zero-order valence-electron chi connectivity index (χ0n) is 18.5. The molecule has 36 heavy (non-hydrogen) atoms. The van der Waals surface area contributed by atoms with Gasteiger partial charge in [-0.1, -0.05) is 48.5 Å². The first-order valence-corrected chi connectivity index (χ1v) is 11.1. The Morgan fingerprint density at radius 2 is 1.25 bits per heavy atom. The molecule has 7 rings (SSSR count). The summed E-state index contributed by atoms with van der Waals surface area (Å²) in [5.41, 5.74) is 9.26. The second kappa shape index (κ2) is 7.14. The molecule has 162 valence electrons. The topological polar surface area (TPSA) is 122 Å². The summed E-state index contributed by atoms with van der Waals surface area (Å²) in [6.07, 6.45) is 1.90. The summed E-state index contributed by atoms with van der Waals surface area (Å²) < 4.78 is 0. The van der Waals surface area contributed by atoms with Crippen molar-refractivity contribution in [2.75, 3.05) is 0 Å². The molecule has 0 unspecified atom stereocenters. The van der Waals surface area contributed by atoms with Crippen molar-refractivity contribution in [1.29, 1.82) is 15.8 Å². The number of hydrogen-bond acceptors (Lipinski definition) is 7. The molecular weight excluding hydrogens is 446 g/mol. The molecule has 0 saturated carbocycles. The summed E-state index contributed by atoms with van der Waals surface area (Å²) >= 11 is 0. The van der Waals surface area contributed by atoms with Gasteiger partial charge in [0.2, 0.25) is 6.19 Å². The number of aromatic nitrogens is 3. The van der Waals surface area contributed by atoms with Crippen LogP contribution in [0.25, 0.3) is 49.9 Å². The molecule has 2 aliphatic rings. The molecule has 0 aliphatic heterocycles. The molecule has 0 bridgehead atoms. The highest BCUT2D eigenvalue weighted by Gasteiger charge is 2.30. The predicted molar refractivity (Wildman–Crippen MR) is 134 cm³/mol. The van der Waals surface area contributed by atoms with Crippen molar-refractivity contribution in [3.05, 3.63) is 94.8 Å². The third kappa shape index (κ3) is 2.53. The number of pyridine rings is 1. The second-order valence-electron chi connectivity index (χ2n) is 8.46. The van der Waals surface area contributed by atoms with E-state index in [-0.39, 0.29) is 5.57 Å². The van der Waals surface area contributed by atoms with Crippen molar-refractivity contribution >= 4 is 33.2 Å². The van der Waals surface area contributed by atoms with Gasteiger partial charge in [0.05, 0.1) is 33.6 Å². The Hall–Kier alpha value is -5.71. The van der Waals surface area contributed by atoms with Crippen molar-refractivity contribution in [3.63, 3.8) is 0 Å². The Balaban J connectivity index is 1.53. The van der Waals surface area contributed by atoms with E-state index in [9.17, 15) is 15.8 Å². The summed E-state index contributed by atoms with van der Waals surface area (Å²) in [6, 6.07) is 25.3. The summed E-state index contributed by atoms with van der Waals surface area (Å²) in [6.45, 7) is 0. The van der Waals surface area contributed by atoms with E-state index in [2.05, 4.69) is 4.99 Å². The van der Waals surface area contributed by atoms with Crippen LogP contribution >= 0.6 is 0 Å². The maximum atomic E-state index is 9.60. The number of benzene rings is 3. The Morgan fingerprint density at radius 3 is 2.00 bits per heavy atom. The average Bonchev–Trinajstić information content (AvgIpc) is 3.38. The smallest absolute Gasteiger partial charge is 0.206 e. The molecule has 0 spiro atoms. The largest absolute Gasteiger partial charge is 0.245 e. The molecule has 0 radical (unpaired) electrons. The molecule has 0 saturated heterocycles. The molecule has 2 aromatic heterocycles. The molecule has 0 fully saturated rings. The Kier molecular flexibility index (Phi) is 3.91. The van der Waals surface area contributed by atoms with Crippen LogP contribution in [0.15, 0.2) is 77.3 Å². The van der Waals surface area contributed by atoms with Crippen molar-refractivity contribution in [1.82, 2.24) is 15.0 Å². The number of hydrogen-bond donors (Lipinski definition) is 0. The quantitative estimate of drug-likeness (QED) is 0.173. The number of rotatable bonds is 0. The number of aliphatic imine (C=N–C) groups is 1. The van der Waals surface area contributed by atoms with Crippen LogP contribution in [-0.2, 0) is 0 Å². The van der Waals surface area contributed by atoms with Crippen molar-refractivity contribution in [2.45, 2.75) is 0 Å². The number of nitriles is 3. The van der Waals surface area contributed by atoms with E-state index >= 15 is 0 Å². The van der Waals surface area contributed by atoms with Crippen molar-refractivity contribution in [2.24, 2.45) is 4.99 Å². The minimum absolute atomic E-state index is 0.00158. The fourth-order valence-electron chi connectivity index (χ4n) is 5.11. The first kappa shape index (κ1) is 19.7. The lowest BCUT2D eigenvalue weighted by Crippen LogP contribution is -2.01. The van der Waals surface area contributed by atoms with Crippen LogP contribution in [0.5, 0.6) is 0 Å². The molecule has 0 atom stereocenters. The van der Waals surface area contributed by atoms with E-state index in [0.29, 0.717) is 44.9 Å². The molecule has 7 heteroatoms. The molecule has 3 aromatic carbocycles. The highest BCUT2D eigenvalue weighted by atomic mass is 14.9. The highest BCUT2D eigenvalue weighted by molar-refractivity contribution is 6.24. The van der Waals surface area contributed by atoms with Gasteiger partial charge in [-0.25, -0.2) is 15.0 Å². The van der Waals surface area contributed by atoms with Crippen LogP contribution in [0.2, 0.25) is 0 Å². The molecule has 2 aliphatic carbocycles. The Labute approximate surface area is 204 Å². The Bertz CT molecular complexity index is 2010. The molecule has 7 nitrogen and oxygen atoms in total. The lowest BCUT2D eigenvalue weighted by atomic mass is 10.0. The van der Waals surface area contributed by atoms with Gasteiger partial charge < -0.3 is 0 Å². The molecular formula is C29H11N7. The van der Waals surface area contributed by atoms with Gasteiger partial charge in [0.1, 0.15) is 23.4 Å². The zero-order chi connectivity index (χ0) is 24.4. The van der Waals surface area contributed by atoms with E-state index in [1.54, 1.807) is 0 Å². The summed E-state index contributed by atoms with van der Waals surface area (Å²) in [4.78, 5) is 18.7. The van der Waals surface area contributed by atoms with Crippen LogP contribution < -0.4 is 0 Å². The van der Waals surface area contributed by atoms with Crippen molar-refractivity contribution in [3.8, 4) is 40.7 Å². The summed E-state index contributed by atoms with van der Waals surface area (Å²) in [5.74, 6) is 0. The van der Waals surface area contributed by atoms with Crippen LogP contribution in [0.1, 0.15) is 22.5 Å². The van der Waals surface area contributed by atoms with Gasteiger partial charge in [-0.3, -0.25) is 0 Å². The number of nitrogens with zero attached hydrogens (tertiary/aromatic N) is 7. The zero-order valence-corrected chi connectivity index (χ0v) is 18.5. The maximum Gasteiger partial charge on any atom is 0.206 e. The maximum absolute atomic E-state index is 9.60. The van der Waals surface area contributed by atoms with Crippen LogP contribution in [0.4, 0.5) is 0 Å². The van der Waals surface area contributed by atoms with Gasteiger partial charge >= 0.3 is 0 Å². The van der Waals surface area contributed by atoms with Gasteiger partial charge in [0.15, 0.2) is 0 Å². The first-order chi connectivity index (χ1) is 17.7. The average molecular weight is 457 g/mol. The lowest BCUT2D eigenvalue weighted by Gasteiger charge is -2.07. The van der Waals surface area contributed by atoms with Gasteiger partial charge in [-0.2, -0.15) is 20.8 Å². The van der Waals surface area contributed by atoms with E-state index in [1.165, 1.54) is 0 Å². The van der Waals surface area contributed by atoms with Gasteiger partial charge in [-0.05, 0) is 29.3 Å². The minimum Gasteiger partial charge on any atom is -0.245 e. The van der Waals surface area contributed by atoms with Gasteiger partial charge in [0.25, 0.3) is 0 Å². The second-order valence-corrected chi connectivity index (χ2v) is 8.46. The van der Waals surface area contributed by atoms with E-state index in [1.807, 2.05) is 85.1 Å². The molecule has 0 N–H and O–H groups in total. The normalized spacial score (nSPS) is 13.5. The number of fused-ring (bicyclic) bond motifs is 8. The van der Waals surface area contributed by atoms with Gasteiger partial charge in [0, 0.05) is 27.6 Å².